The number of carbonyl (C=O) groups excluding carboxylic acids is 1. The number of benzene rings is 2. The van der Waals surface area contributed by atoms with Gasteiger partial charge in [-0.25, -0.2) is 8.78 Å². The molecule has 4 N–H and O–H groups in total. The first kappa shape index (κ1) is 25.0. The van der Waals surface area contributed by atoms with Crippen LogP contribution in [0.15, 0.2) is 42.5 Å². The monoisotopic (exact) mass is 431 g/mol. The zero-order valence-corrected chi connectivity index (χ0v) is 19.1. The lowest BCUT2D eigenvalue weighted by Gasteiger charge is -2.32. The topological polar surface area (TPSA) is 67.2 Å². The van der Waals surface area contributed by atoms with Crippen LogP contribution in [0.5, 0.6) is 0 Å². The molecule has 0 aliphatic heterocycles. The number of hydrogen-bond acceptors (Lipinski definition) is 3. The summed E-state index contributed by atoms with van der Waals surface area (Å²) in [5.74, 6) is -0.958. The Balaban J connectivity index is 2.10. The maximum Gasteiger partial charge on any atom is 0.217 e. The van der Waals surface area contributed by atoms with Gasteiger partial charge in [-0.2, -0.15) is 0 Å². The van der Waals surface area contributed by atoms with Gasteiger partial charge in [-0.15, -0.1) is 0 Å². The fourth-order valence-electron chi connectivity index (χ4n) is 3.73. The third kappa shape index (κ3) is 8.04. The molecule has 4 nitrogen and oxygen atoms in total. The molecule has 2 aromatic rings. The fourth-order valence-corrected chi connectivity index (χ4v) is 3.73. The van der Waals surface area contributed by atoms with Gasteiger partial charge >= 0.3 is 0 Å². The van der Waals surface area contributed by atoms with Gasteiger partial charge in [0, 0.05) is 37.2 Å². The summed E-state index contributed by atoms with van der Waals surface area (Å²) in [7, 11) is 0. The van der Waals surface area contributed by atoms with Crippen LogP contribution in [0.2, 0.25) is 0 Å². The second kappa shape index (κ2) is 10.8. The number of hydrogen-bond donors (Lipinski definition) is 3. The average Bonchev–Trinajstić information content (AvgIpc) is 2.64. The molecule has 0 fully saturated rings. The van der Waals surface area contributed by atoms with Gasteiger partial charge in [-0.05, 0) is 61.4 Å². The molecule has 2 aromatic carbocycles. The van der Waals surface area contributed by atoms with Crippen LogP contribution in [0.25, 0.3) is 0 Å². The van der Waals surface area contributed by atoms with Crippen molar-refractivity contribution in [2.24, 2.45) is 11.7 Å². The van der Waals surface area contributed by atoms with Crippen LogP contribution in [-0.4, -0.2) is 24.5 Å². The molecule has 0 heterocycles. The van der Waals surface area contributed by atoms with E-state index in [9.17, 15) is 13.6 Å². The van der Waals surface area contributed by atoms with E-state index in [-0.39, 0.29) is 17.9 Å². The van der Waals surface area contributed by atoms with Gasteiger partial charge in [0.15, 0.2) is 0 Å². The molecular formula is C25H35F2N3O. The Bertz CT molecular complexity index is 863. The van der Waals surface area contributed by atoms with Crippen LogP contribution < -0.4 is 16.4 Å². The molecule has 2 rings (SSSR count). The maximum atomic E-state index is 13.6. The predicted octanol–water partition coefficient (Wildman–Crippen LogP) is 4.06. The standard InChI is InChI=1S/C25H35F2N3O/c1-16(2)9-18-7-6-8-20(10-18)25(4,5)29-15-23(28)24(30-17(3)31)13-19-11-21(26)14-22(27)12-19/h6-8,10-12,14,16,23-24,29H,9,13,15,28H2,1-5H3,(H,30,31)/t23-,24-/m0/s1. The summed E-state index contributed by atoms with van der Waals surface area (Å²) < 4.78 is 27.1. The van der Waals surface area contributed by atoms with Crippen molar-refractivity contribution in [3.05, 3.63) is 70.8 Å². The molecular weight excluding hydrogens is 396 g/mol. The molecule has 0 aromatic heterocycles. The fraction of sp³-hybridized carbons (Fsp3) is 0.480. The van der Waals surface area contributed by atoms with E-state index in [1.54, 1.807) is 0 Å². The van der Waals surface area contributed by atoms with Crippen LogP contribution in [-0.2, 0) is 23.2 Å². The molecule has 0 saturated heterocycles. The molecule has 170 valence electrons. The van der Waals surface area contributed by atoms with Gasteiger partial charge in [0.1, 0.15) is 11.6 Å². The van der Waals surface area contributed by atoms with E-state index >= 15 is 0 Å². The van der Waals surface area contributed by atoms with E-state index in [0.29, 0.717) is 18.0 Å². The first-order valence-electron chi connectivity index (χ1n) is 10.8. The summed E-state index contributed by atoms with van der Waals surface area (Å²) >= 11 is 0. The molecule has 0 saturated carbocycles. The molecule has 0 aliphatic rings. The zero-order chi connectivity index (χ0) is 23.2. The van der Waals surface area contributed by atoms with Crippen molar-refractivity contribution >= 4 is 5.91 Å². The molecule has 0 aliphatic carbocycles. The number of nitrogens with two attached hydrogens (primary N) is 1. The summed E-state index contributed by atoms with van der Waals surface area (Å²) in [5, 5.41) is 6.32. The number of carbonyl (C=O) groups is 1. The second-order valence-corrected chi connectivity index (χ2v) is 9.26. The Kier molecular flexibility index (Phi) is 8.71. The Morgan fingerprint density at radius 3 is 2.26 bits per heavy atom. The normalized spacial score (nSPS) is 13.8. The van der Waals surface area contributed by atoms with E-state index in [1.807, 2.05) is 0 Å². The van der Waals surface area contributed by atoms with E-state index in [4.69, 9.17) is 5.73 Å². The van der Waals surface area contributed by atoms with Gasteiger partial charge in [0.25, 0.3) is 0 Å². The van der Waals surface area contributed by atoms with E-state index in [2.05, 4.69) is 62.6 Å². The molecule has 6 heteroatoms. The number of nitrogens with one attached hydrogen (secondary N) is 2. The first-order chi connectivity index (χ1) is 14.5. The molecule has 0 radical (unpaired) electrons. The largest absolute Gasteiger partial charge is 0.352 e. The van der Waals surface area contributed by atoms with Gasteiger partial charge in [-0.1, -0.05) is 38.1 Å². The van der Waals surface area contributed by atoms with Crippen molar-refractivity contribution in [2.75, 3.05) is 6.54 Å². The summed E-state index contributed by atoms with van der Waals surface area (Å²) in [4.78, 5) is 11.7. The minimum Gasteiger partial charge on any atom is -0.352 e. The predicted molar refractivity (Wildman–Crippen MR) is 122 cm³/mol. The maximum absolute atomic E-state index is 13.6. The molecule has 0 bridgehead atoms. The molecule has 1 amide bonds. The third-order valence-electron chi connectivity index (χ3n) is 5.36. The minimum absolute atomic E-state index is 0.238. The van der Waals surface area contributed by atoms with Crippen LogP contribution in [0, 0.1) is 17.6 Å². The molecule has 0 spiro atoms. The van der Waals surface area contributed by atoms with Crippen LogP contribution in [0.4, 0.5) is 8.78 Å². The van der Waals surface area contributed by atoms with Gasteiger partial charge in [0.05, 0.1) is 0 Å². The van der Waals surface area contributed by atoms with E-state index in [1.165, 1.54) is 24.6 Å². The smallest absolute Gasteiger partial charge is 0.217 e. The third-order valence-corrected chi connectivity index (χ3v) is 5.36. The van der Waals surface area contributed by atoms with Crippen LogP contribution >= 0.6 is 0 Å². The Morgan fingerprint density at radius 2 is 1.68 bits per heavy atom. The number of halogens is 2. The van der Waals surface area contributed by atoms with Crippen molar-refractivity contribution in [1.82, 2.24) is 10.6 Å². The Labute approximate surface area is 184 Å². The Hall–Kier alpha value is -2.31. The quantitative estimate of drug-likeness (QED) is 0.531. The second-order valence-electron chi connectivity index (χ2n) is 9.26. The SMILES string of the molecule is CC(=O)N[C@@H](Cc1cc(F)cc(F)c1)[C@@H](N)CNC(C)(C)c1cccc(CC(C)C)c1. The van der Waals surface area contributed by atoms with Gasteiger partial charge in [0.2, 0.25) is 5.91 Å². The highest BCUT2D eigenvalue weighted by atomic mass is 19.1. The molecule has 31 heavy (non-hydrogen) atoms. The number of amides is 1. The average molecular weight is 432 g/mol. The molecule has 2 atom stereocenters. The van der Waals surface area contributed by atoms with Gasteiger partial charge < -0.3 is 16.4 Å². The summed E-state index contributed by atoms with van der Waals surface area (Å²) in [6.07, 6.45) is 1.25. The van der Waals surface area contributed by atoms with Gasteiger partial charge in [-0.3, -0.25) is 4.79 Å². The van der Waals surface area contributed by atoms with Crippen LogP contribution in [0.1, 0.15) is 51.3 Å². The van der Waals surface area contributed by atoms with Crippen LogP contribution in [0.3, 0.4) is 0 Å². The molecule has 0 unspecified atom stereocenters. The minimum atomic E-state index is -0.648. The zero-order valence-electron chi connectivity index (χ0n) is 19.1. The van der Waals surface area contributed by atoms with Crippen molar-refractivity contribution in [1.29, 1.82) is 0 Å². The summed E-state index contributed by atoms with van der Waals surface area (Å²) in [6.45, 7) is 10.4. The summed E-state index contributed by atoms with van der Waals surface area (Å²) in [5.41, 5.74) is 8.96. The summed E-state index contributed by atoms with van der Waals surface area (Å²) in [6, 6.07) is 10.9. The van der Waals surface area contributed by atoms with Crippen molar-refractivity contribution in [2.45, 2.75) is 65.1 Å². The number of rotatable bonds is 10. The first-order valence-corrected chi connectivity index (χ1v) is 10.8. The Morgan fingerprint density at radius 1 is 1.03 bits per heavy atom. The van der Waals surface area contributed by atoms with Crippen molar-refractivity contribution in [3.63, 3.8) is 0 Å². The van der Waals surface area contributed by atoms with Crippen molar-refractivity contribution < 1.29 is 13.6 Å². The van der Waals surface area contributed by atoms with E-state index < -0.39 is 23.7 Å². The lowest BCUT2D eigenvalue weighted by molar-refractivity contribution is -0.119. The van der Waals surface area contributed by atoms with Crippen molar-refractivity contribution in [3.8, 4) is 0 Å². The van der Waals surface area contributed by atoms with E-state index in [0.717, 1.165) is 18.1 Å². The lowest BCUT2D eigenvalue weighted by Crippen LogP contribution is -2.55. The highest BCUT2D eigenvalue weighted by Crippen LogP contribution is 2.22. The highest BCUT2D eigenvalue weighted by molar-refractivity contribution is 5.73. The highest BCUT2D eigenvalue weighted by Gasteiger charge is 2.25. The lowest BCUT2D eigenvalue weighted by atomic mass is 9.90.